The second-order valence-electron chi connectivity index (χ2n) is 1.68. The summed E-state index contributed by atoms with van der Waals surface area (Å²) in [5.74, 6) is 0. The monoisotopic (exact) mass is 332 g/mol. The molecule has 54 valence electrons. The van der Waals surface area contributed by atoms with Crippen LogP contribution < -0.4 is 0 Å². The predicted molar refractivity (Wildman–Crippen MR) is 52.2 cm³/mol. The van der Waals surface area contributed by atoms with Gasteiger partial charge in [0, 0.05) is 0 Å². The molecule has 0 aliphatic heterocycles. The summed E-state index contributed by atoms with van der Waals surface area (Å²) in [4.78, 5) is 7.95. The maximum atomic E-state index is 5.73. The molecule has 0 unspecified atom stereocenters. The maximum absolute atomic E-state index is 5.73. The quantitative estimate of drug-likeness (QED) is 0.414. The minimum absolute atomic E-state index is 0.500. The van der Waals surface area contributed by atoms with Crippen molar-refractivity contribution in [1.82, 2.24) is 9.97 Å². The van der Waals surface area contributed by atoms with E-state index in [9.17, 15) is 0 Å². The standard InChI is InChI=1S/C5H3BrClIN2/c1-2-3(8)4(7)10-5(6)9-2/h1H3. The van der Waals surface area contributed by atoms with E-state index in [2.05, 4.69) is 48.5 Å². The Hall–Kier alpha value is 0.580. The minimum Gasteiger partial charge on any atom is -0.226 e. The summed E-state index contributed by atoms with van der Waals surface area (Å²) in [6.07, 6.45) is 0. The maximum Gasteiger partial charge on any atom is 0.198 e. The largest absolute Gasteiger partial charge is 0.226 e. The molecule has 0 saturated carbocycles. The lowest BCUT2D eigenvalue weighted by Crippen LogP contribution is -1.92. The third kappa shape index (κ3) is 1.79. The van der Waals surface area contributed by atoms with Crippen LogP contribution in [0.2, 0.25) is 5.15 Å². The Balaban J connectivity index is 3.31. The second-order valence-corrected chi connectivity index (χ2v) is 3.83. The zero-order valence-electron chi connectivity index (χ0n) is 5.03. The van der Waals surface area contributed by atoms with Crippen molar-refractivity contribution in [3.8, 4) is 0 Å². The van der Waals surface area contributed by atoms with E-state index in [1.165, 1.54) is 0 Å². The van der Waals surface area contributed by atoms with E-state index in [0.29, 0.717) is 9.89 Å². The highest BCUT2D eigenvalue weighted by atomic mass is 127. The van der Waals surface area contributed by atoms with Gasteiger partial charge in [0.2, 0.25) is 0 Å². The van der Waals surface area contributed by atoms with E-state index >= 15 is 0 Å². The van der Waals surface area contributed by atoms with Gasteiger partial charge >= 0.3 is 0 Å². The Kier molecular flexibility index (Phi) is 2.88. The highest BCUT2D eigenvalue weighted by Crippen LogP contribution is 2.19. The predicted octanol–water partition coefficient (Wildman–Crippen LogP) is 2.81. The summed E-state index contributed by atoms with van der Waals surface area (Å²) in [6.45, 7) is 1.89. The minimum atomic E-state index is 0.500. The Morgan fingerprint density at radius 3 is 2.60 bits per heavy atom. The van der Waals surface area contributed by atoms with E-state index in [0.717, 1.165) is 9.26 Å². The van der Waals surface area contributed by atoms with Crippen LogP contribution in [-0.4, -0.2) is 9.97 Å². The van der Waals surface area contributed by atoms with Crippen LogP contribution in [0.5, 0.6) is 0 Å². The summed E-state index contributed by atoms with van der Waals surface area (Å²) < 4.78 is 1.44. The van der Waals surface area contributed by atoms with Crippen LogP contribution in [0.1, 0.15) is 5.69 Å². The molecule has 0 amide bonds. The summed E-state index contributed by atoms with van der Waals surface area (Å²) in [6, 6.07) is 0. The first-order valence-corrected chi connectivity index (χ1v) is 4.71. The fourth-order valence-electron chi connectivity index (χ4n) is 0.492. The highest BCUT2D eigenvalue weighted by Gasteiger charge is 2.03. The van der Waals surface area contributed by atoms with Crippen molar-refractivity contribution < 1.29 is 0 Å². The lowest BCUT2D eigenvalue weighted by Gasteiger charge is -1.98. The van der Waals surface area contributed by atoms with Crippen LogP contribution in [0, 0.1) is 10.5 Å². The molecule has 1 heterocycles. The molecule has 0 radical (unpaired) electrons. The molecule has 0 spiro atoms. The molecule has 0 atom stereocenters. The Morgan fingerprint density at radius 2 is 2.10 bits per heavy atom. The molecule has 0 saturated heterocycles. The smallest absolute Gasteiger partial charge is 0.198 e. The number of nitrogens with zero attached hydrogens (tertiary/aromatic N) is 2. The van der Waals surface area contributed by atoms with E-state index < -0.39 is 0 Å². The average molecular weight is 333 g/mol. The van der Waals surface area contributed by atoms with Gasteiger partial charge in [0.25, 0.3) is 0 Å². The normalized spacial score (nSPS) is 10.0. The molecular weight excluding hydrogens is 330 g/mol. The Morgan fingerprint density at radius 1 is 1.50 bits per heavy atom. The molecule has 0 N–H and O–H groups in total. The topological polar surface area (TPSA) is 25.8 Å². The SMILES string of the molecule is Cc1nc(Br)nc(Cl)c1I. The van der Waals surface area contributed by atoms with Gasteiger partial charge in [-0.3, -0.25) is 0 Å². The van der Waals surface area contributed by atoms with E-state index in [1.54, 1.807) is 0 Å². The molecule has 1 aromatic rings. The lowest BCUT2D eigenvalue weighted by molar-refractivity contribution is 1.04. The second kappa shape index (κ2) is 3.32. The van der Waals surface area contributed by atoms with Crippen LogP contribution >= 0.6 is 50.1 Å². The van der Waals surface area contributed by atoms with Crippen molar-refractivity contribution in [3.63, 3.8) is 0 Å². The zero-order chi connectivity index (χ0) is 7.72. The van der Waals surface area contributed by atoms with Gasteiger partial charge in [-0.15, -0.1) is 0 Å². The third-order valence-electron chi connectivity index (χ3n) is 0.949. The fraction of sp³-hybridized carbons (Fsp3) is 0.200. The van der Waals surface area contributed by atoms with Crippen molar-refractivity contribution in [3.05, 3.63) is 19.2 Å². The number of hydrogen-bond acceptors (Lipinski definition) is 2. The van der Waals surface area contributed by atoms with Crippen LogP contribution in [0.3, 0.4) is 0 Å². The molecule has 0 aliphatic rings. The Labute approximate surface area is 85.7 Å². The van der Waals surface area contributed by atoms with E-state index in [1.807, 2.05) is 6.92 Å². The van der Waals surface area contributed by atoms with Gasteiger partial charge < -0.3 is 0 Å². The number of rotatable bonds is 0. The van der Waals surface area contributed by atoms with Crippen molar-refractivity contribution >= 4 is 50.1 Å². The molecule has 1 aromatic heterocycles. The van der Waals surface area contributed by atoms with Gasteiger partial charge in [-0.1, -0.05) is 11.6 Å². The molecule has 0 aromatic carbocycles. The van der Waals surface area contributed by atoms with Gasteiger partial charge in [-0.2, -0.15) is 0 Å². The van der Waals surface area contributed by atoms with Crippen LogP contribution in [0.4, 0.5) is 0 Å². The lowest BCUT2D eigenvalue weighted by atomic mass is 10.5. The van der Waals surface area contributed by atoms with Crippen molar-refractivity contribution in [1.29, 1.82) is 0 Å². The molecule has 0 fully saturated rings. The van der Waals surface area contributed by atoms with Crippen molar-refractivity contribution in [2.24, 2.45) is 0 Å². The molecule has 0 bridgehead atoms. The van der Waals surface area contributed by atoms with Gasteiger partial charge in [0.1, 0.15) is 5.15 Å². The van der Waals surface area contributed by atoms with E-state index in [4.69, 9.17) is 11.6 Å². The molecule has 5 heteroatoms. The average Bonchev–Trinajstić information content (AvgIpc) is 1.82. The molecular formula is C5H3BrClIN2. The zero-order valence-corrected chi connectivity index (χ0v) is 9.53. The first-order valence-electron chi connectivity index (χ1n) is 2.46. The number of hydrogen-bond donors (Lipinski definition) is 0. The van der Waals surface area contributed by atoms with Crippen molar-refractivity contribution in [2.45, 2.75) is 6.92 Å². The van der Waals surface area contributed by atoms with Crippen molar-refractivity contribution in [2.75, 3.05) is 0 Å². The van der Waals surface area contributed by atoms with Crippen LogP contribution in [0.15, 0.2) is 4.73 Å². The fourth-order valence-corrected chi connectivity index (χ4v) is 1.50. The van der Waals surface area contributed by atoms with E-state index in [-0.39, 0.29) is 0 Å². The van der Waals surface area contributed by atoms with Gasteiger partial charge in [0.15, 0.2) is 4.73 Å². The summed E-state index contributed by atoms with van der Waals surface area (Å²) >= 11 is 11.0. The molecule has 2 nitrogen and oxygen atoms in total. The van der Waals surface area contributed by atoms with Crippen LogP contribution in [-0.2, 0) is 0 Å². The number of aryl methyl sites for hydroxylation is 1. The van der Waals surface area contributed by atoms with Gasteiger partial charge in [-0.25, -0.2) is 9.97 Å². The summed E-state index contributed by atoms with van der Waals surface area (Å²) in [7, 11) is 0. The van der Waals surface area contributed by atoms with Crippen LogP contribution in [0.25, 0.3) is 0 Å². The third-order valence-corrected chi connectivity index (χ3v) is 3.19. The molecule has 10 heavy (non-hydrogen) atoms. The Bertz CT molecular complexity index is 243. The summed E-state index contributed by atoms with van der Waals surface area (Å²) in [5, 5.41) is 0.500. The number of halogens is 3. The number of aromatic nitrogens is 2. The molecule has 0 aliphatic carbocycles. The van der Waals surface area contributed by atoms with Gasteiger partial charge in [0.05, 0.1) is 9.26 Å². The van der Waals surface area contributed by atoms with Gasteiger partial charge in [-0.05, 0) is 45.4 Å². The summed E-state index contributed by atoms with van der Waals surface area (Å²) in [5.41, 5.74) is 0.896. The highest BCUT2D eigenvalue weighted by molar-refractivity contribution is 14.1. The molecule has 1 rings (SSSR count). The first kappa shape index (κ1) is 8.67. The first-order chi connectivity index (χ1) is 4.61.